The normalized spacial score (nSPS) is 38.3. The summed E-state index contributed by atoms with van der Waals surface area (Å²) in [4.78, 5) is 11.9. The molecule has 3 heteroatoms. The lowest BCUT2D eigenvalue weighted by Crippen LogP contribution is -2.51. The first kappa shape index (κ1) is 18.3. The van der Waals surface area contributed by atoms with E-state index < -0.39 is 6.10 Å². The maximum atomic E-state index is 11.9. The number of rotatable bonds is 5. The summed E-state index contributed by atoms with van der Waals surface area (Å²) in [6.07, 6.45) is 11.7. The van der Waals surface area contributed by atoms with Gasteiger partial charge in [-0.2, -0.15) is 0 Å². The molecule has 2 aliphatic carbocycles. The molecule has 0 radical (unpaired) electrons. The highest BCUT2D eigenvalue weighted by atomic mass is 16.5. The Labute approximate surface area is 140 Å². The van der Waals surface area contributed by atoms with E-state index in [0.717, 1.165) is 12.3 Å². The Morgan fingerprint density at radius 2 is 2.17 bits per heavy atom. The molecule has 0 saturated heterocycles. The van der Waals surface area contributed by atoms with Crippen LogP contribution >= 0.6 is 0 Å². The van der Waals surface area contributed by atoms with Crippen LogP contribution in [0.5, 0.6) is 0 Å². The van der Waals surface area contributed by atoms with Crippen LogP contribution in [0.15, 0.2) is 24.3 Å². The standard InChI is InChI=1S/C20H32O3/c1-5-7-16-10-9-15-12-14(3)8-11-17(15)20(16,4)18(21)13-19(22)23-6-2/h5,7,9-10,14-18,21H,6,8,11-13H2,1-4H3/b7-5+/t14-,15-,16-,17-,18?,20-/m1/s1. The second kappa shape index (κ2) is 7.65. The maximum Gasteiger partial charge on any atom is 0.308 e. The number of aliphatic hydroxyl groups is 1. The van der Waals surface area contributed by atoms with Crippen molar-refractivity contribution >= 4 is 5.97 Å². The molecule has 130 valence electrons. The summed E-state index contributed by atoms with van der Waals surface area (Å²) in [5.41, 5.74) is -0.307. The van der Waals surface area contributed by atoms with Crippen LogP contribution in [0.3, 0.4) is 0 Å². The highest BCUT2D eigenvalue weighted by Gasteiger charge is 2.51. The number of carbonyl (C=O) groups is 1. The first-order valence-corrected chi connectivity index (χ1v) is 9.08. The van der Waals surface area contributed by atoms with Crippen molar-refractivity contribution < 1.29 is 14.6 Å². The SMILES string of the molecule is C/C=C/[C@@H]1C=C[C@@H]2C[C@H](C)CC[C@H]2[C@]1(C)C(O)CC(=O)OCC. The molecule has 0 aromatic carbocycles. The van der Waals surface area contributed by atoms with Gasteiger partial charge in [-0.25, -0.2) is 0 Å². The number of hydrogen-bond donors (Lipinski definition) is 1. The average Bonchev–Trinajstić information content (AvgIpc) is 2.50. The van der Waals surface area contributed by atoms with Crippen LogP contribution in [0.1, 0.15) is 53.4 Å². The lowest BCUT2D eigenvalue weighted by molar-refractivity contribution is -0.150. The van der Waals surface area contributed by atoms with Crippen molar-refractivity contribution in [1.82, 2.24) is 0 Å². The molecule has 1 unspecified atom stereocenters. The molecule has 0 aromatic heterocycles. The van der Waals surface area contributed by atoms with Crippen molar-refractivity contribution in [3.8, 4) is 0 Å². The average molecular weight is 320 g/mol. The van der Waals surface area contributed by atoms with Crippen LogP contribution < -0.4 is 0 Å². The zero-order valence-electron chi connectivity index (χ0n) is 15.0. The van der Waals surface area contributed by atoms with E-state index >= 15 is 0 Å². The quantitative estimate of drug-likeness (QED) is 0.612. The van der Waals surface area contributed by atoms with Gasteiger partial charge in [0.05, 0.1) is 19.1 Å². The van der Waals surface area contributed by atoms with Crippen LogP contribution in [-0.4, -0.2) is 23.8 Å². The third kappa shape index (κ3) is 3.71. The van der Waals surface area contributed by atoms with Gasteiger partial charge in [0.1, 0.15) is 0 Å². The van der Waals surface area contributed by atoms with E-state index in [0.29, 0.717) is 18.4 Å². The fourth-order valence-corrected chi connectivity index (χ4v) is 4.67. The zero-order chi connectivity index (χ0) is 17.0. The second-order valence-corrected chi connectivity index (χ2v) is 7.52. The second-order valence-electron chi connectivity index (χ2n) is 7.52. The summed E-state index contributed by atoms with van der Waals surface area (Å²) in [5.74, 6) is 1.56. The van der Waals surface area contributed by atoms with E-state index in [1.807, 2.05) is 6.92 Å². The van der Waals surface area contributed by atoms with E-state index in [-0.39, 0.29) is 23.7 Å². The molecule has 0 amide bonds. The van der Waals surface area contributed by atoms with E-state index in [9.17, 15) is 9.90 Å². The van der Waals surface area contributed by atoms with Crippen LogP contribution in [-0.2, 0) is 9.53 Å². The van der Waals surface area contributed by atoms with Gasteiger partial charge in [-0.15, -0.1) is 0 Å². The highest BCUT2D eigenvalue weighted by molar-refractivity contribution is 5.70. The molecule has 6 atom stereocenters. The summed E-state index contributed by atoms with van der Waals surface area (Å²) in [7, 11) is 0. The number of allylic oxidation sites excluding steroid dienone is 4. The minimum Gasteiger partial charge on any atom is -0.466 e. The lowest BCUT2D eigenvalue weighted by atomic mass is 9.53. The molecule has 23 heavy (non-hydrogen) atoms. The van der Waals surface area contributed by atoms with Crippen molar-refractivity contribution in [3.05, 3.63) is 24.3 Å². The van der Waals surface area contributed by atoms with Crippen LogP contribution in [0.4, 0.5) is 0 Å². The predicted molar refractivity (Wildman–Crippen MR) is 92.8 cm³/mol. The summed E-state index contributed by atoms with van der Waals surface area (Å²) in [6, 6.07) is 0. The van der Waals surface area contributed by atoms with Gasteiger partial charge >= 0.3 is 5.97 Å². The molecule has 3 nitrogen and oxygen atoms in total. The molecular formula is C20H32O3. The smallest absolute Gasteiger partial charge is 0.308 e. The first-order chi connectivity index (χ1) is 10.9. The zero-order valence-corrected chi connectivity index (χ0v) is 15.0. The Morgan fingerprint density at radius 3 is 2.83 bits per heavy atom. The predicted octanol–water partition coefficient (Wildman–Crippen LogP) is 4.12. The van der Waals surface area contributed by atoms with Gasteiger partial charge in [-0.3, -0.25) is 4.79 Å². The van der Waals surface area contributed by atoms with Crippen LogP contribution in [0.2, 0.25) is 0 Å². The Hall–Kier alpha value is -1.09. The van der Waals surface area contributed by atoms with Gasteiger partial charge in [0.2, 0.25) is 0 Å². The van der Waals surface area contributed by atoms with Gasteiger partial charge < -0.3 is 9.84 Å². The van der Waals surface area contributed by atoms with Gasteiger partial charge in [-0.05, 0) is 44.4 Å². The fraction of sp³-hybridized carbons (Fsp3) is 0.750. The molecule has 1 fully saturated rings. The van der Waals surface area contributed by atoms with Crippen LogP contribution in [0.25, 0.3) is 0 Å². The van der Waals surface area contributed by atoms with E-state index in [2.05, 4.69) is 38.2 Å². The van der Waals surface area contributed by atoms with E-state index in [4.69, 9.17) is 4.74 Å². The molecule has 1 saturated carbocycles. The highest BCUT2D eigenvalue weighted by Crippen LogP contribution is 2.54. The molecule has 2 aliphatic rings. The molecule has 1 N–H and O–H groups in total. The third-order valence-corrected chi connectivity index (χ3v) is 6.03. The summed E-state index contributed by atoms with van der Waals surface area (Å²) >= 11 is 0. The molecule has 0 heterocycles. The number of aliphatic hydroxyl groups excluding tert-OH is 1. The largest absolute Gasteiger partial charge is 0.466 e. The molecule has 0 bridgehead atoms. The molecule has 0 aromatic rings. The minimum absolute atomic E-state index is 0.0883. The van der Waals surface area contributed by atoms with E-state index in [1.54, 1.807) is 6.92 Å². The summed E-state index contributed by atoms with van der Waals surface area (Å²) in [6.45, 7) is 8.66. The van der Waals surface area contributed by atoms with Gasteiger partial charge in [-0.1, -0.05) is 44.6 Å². The fourth-order valence-electron chi connectivity index (χ4n) is 4.67. The van der Waals surface area contributed by atoms with Gasteiger partial charge in [0.15, 0.2) is 0 Å². The third-order valence-electron chi connectivity index (χ3n) is 6.03. The van der Waals surface area contributed by atoms with E-state index in [1.165, 1.54) is 12.8 Å². The van der Waals surface area contributed by atoms with Crippen molar-refractivity contribution in [2.24, 2.45) is 29.1 Å². The number of hydrogen-bond acceptors (Lipinski definition) is 3. The molecule has 2 rings (SSSR count). The molecule has 0 spiro atoms. The first-order valence-electron chi connectivity index (χ1n) is 9.08. The lowest BCUT2D eigenvalue weighted by Gasteiger charge is -2.52. The molecular weight excluding hydrogens is 288 g/mol. The van der Waals surface area contributed by atoms with Gasteiger partial charge in [0, 0.05) is 11.3 Å². The number of ether oxygens (including phenoxy) is 1. The Bertz CT molecular complexity index is 468. The Balaban J connectivity index is 2.28. The minimum atomic E-state index is -0.673. The van der Waals surface area contributed by atoms with Crippen molar-refractivity contribution in [2.45, 2.75) is 59.5 Å². The Morgan fingerprint density at radius 1 is 1.43 bits per heavy atom. The van der Waals surface area contributed by atoms with Crippen molar-refractivity contribution in [3.63, 3.8) is 0 Å². The number of fused-ring (bicyclic) bond motifs is 1. The number of carbonyl (C=O) groups excluding carboxylic acids is 1. The topological polar surface area (TPSA) is 46.5 Å². The maximum absolute atomic E-state index is 11.9. The van der Waals surface area contributed by atoms with Crippen LogP contribution in [0, 0.1) is 29.1 Å². The molecule has 0 aliphatic heterocycles. The number of esters is 1. The monoisotopic (exact) mass is 320 g/mol. The van der Waals surface area contributed by atoms with Gasteiger partial charge in [0.25, 0.3) is 0 Å². The summed E-state index contributed by atoms with van der Waals surface area (Å²) in [5, 5.41) is 11.0. The summed E-state index contributed by atoms with van der Waals surface area (Å²) < 4.78 is 5.06. The Kier molecular flexibility index (Phi) is 6.07. The van der Waals surface area contributed by atoms with Crippen molar-refractivity contribution in [2.75, 3.05) is 6.61 Å². The van der Waals surface area contributed by atoms with Crippen molar-refractivity contribution in [1.29, 1.82) is 0 Å².